The zero-order valence-electron chi connectivity index (χ0n) is 14.0. The predicted molar refractivity (Wildman–Crippen MR) is 96.3 cm³/mol. The van der Waals surface area contributed by atoms with Gasteiger partial charge in [0.25, 0.3) is 5.91 Å². The third-order valence-corrected chi connectivity index (χ3v) is 3.85. The maximum atomic E-state index is 11.9. The molecule has 3 aromatic rings. The van der Waals surface area contributed by atoms with Crippen LogP contribution in [0.15, 0.2) is 48.5 Å². The maximum absolute atomic E-state index is 11.9. The molecule has 0 saturated heterocycles. The van der Waals surface area contributed by atoms with Crippen molar-refractivity contribution in [3.63, 3.8) is 0 Å². The van der Waals surface area contributed by atoms with Crippen LogP contribution < -0.4 is 10.6 Å². The highest BCUT2D eigenvalue weighted by Crippen LogP contribution is 2.10. The Morgan fingerprint density at radius 3 is 2.56 bits per heavy atom. The maximum Gasteiger partial charge on any atom is 0.251 e. The van der Waals surface area contributed by atoms with Gasteiger partial charge in [-0.3, -0.25) is 9.59 Å². The quantitative estimate of drug-likeness (QED) is 0.643. The molecule has 25 heavy (non-hydrogen) atoms. The molecule has 0 fully saturated rings. The number of benzene rings is 2. The summed E-state index contributed by atoms with van der Waals surface area (Å²) in [6.45, 7) is 2.36. The number of para-hydroxylation sites is 2. The number of nitrogens with one attached hydrogen (secondary N) is 3. The monoisotopic (exact) mass is 336 g/mol. The molecule has 0 spiro atoms. The first-order chi connectivity index (χ1) is 12.1. The zero-order valence-corrected chi connectivity index (χ0v) is 14.0. The summed E-state index contributed by atoms with van der Waals surface area (Å²) in [6.07, 6.45) is 0.604. The lowest BCUT2D eigenvalue weighted by atomic mass is 10.1. The molecular formula is C19H20N4O2. The SMILES string of the molecule is Cc1ccc(C(=O)NCC(=O)NCCc2nc3ccccc3[nH]2)cc1. The van der Waals surface area contributed by atoms with Crippen molar-refractivity contribution in [2.75, 3.05) is 13.1 Å². The van der Waals surface area contributed by atoms with Gasteiger partial charge in [0.05, 0.1) is 17.6 Å². The first-order valence-electron chi connectivity index (χ1n) is 8.17. The number of fused-ring (bicyclic) bond motifs is 1. The number of nitrogens with zero attached hydrogens (tertiary/aromatic N) is 1. The number of aryl methyl sites for hydroxylation is 1. The Labute approximate surface area is 145 Å². The first kappa shape index (κ1) is 16.7. The topological polar surface area (TPSA) is 86.9 Å². The molecule has 3 rings (SSSR count). The van der Waals surface area contributed by atoms with Gasteiger partial charge in [0, 0.05) is 18.5 Å². The van der Waals surface area contributed by atoms with E-state index in [9.17, 15) is 9.59 Å². The van der Waals surface area contributed by atoms with Crippen molar-refractivity contribution in [1.29, 1.82) is 0 Å². The van der Waals surface area contributed by atoms with Gasteiger partial charge in [-0.15, -0.1) is 0 Å². The van der Waals surface area contributed by atoms with Gasteiger partial charge in [0.15, 0.2) is 0 Å². The fourth-order valence-corrected chi connectivity index (χ4v) is 2.47. The Bertz CT molecular complexity index is 851. The number of aromatic nitrogens is 2. The molecule has 6 heteroatoms. The lowest BCUT2D eigenvalue weighted by Gasteiger charge is -2.06. The van der Waals surface area contributed by atoms with E-state index < -0.39 is 0 Å². The number of hydrogen-bond acceptors (Lipinski definition) is 3. The first-order valence-corrected chi connectivity index (χ1v) is 8.17. The summed E-state index contributed by atoms with van der Waals surface area (Å²) in [6, 6.07) is 15.0. The van der Waals surface area contributed by atoms with Crippen molar-refractivity contribution in [2.45, 2.75) is 13.3 Å². The average Bonchev–Trinajstić information content (AvgIpc) is 3.03. The number of H-pyrrole nitrogens is 1. The molecule has 0 aliphatic carbocycles. The Kier molecular flexibility index (Phi) is 5.09. The molecule has 0 bridgehead atoms. The summed E-state index contributed by atoms with van der Waals surface area (Å²) in [4.78, 5) is 31.5. The van der Waals surface area contributed by atoms with E-state index in [1.54, 1.807) is 12.1 Å². The Morgan fingerprint density at radius 1 is 1.04 bits per heavy atom. The van der Waals surface area contributed by atoms with E-state index in [2.05, 4.69) is 20.6 Å². The van der Waals surface area contributed by atoms with Crippen LogP contribution in [0.25, 0.3) is 11.0 Å². The fraction of sp³-hybridized carbons (Fsp3) is 0.211. The predicted octanol–water partition coefficient (Wildman–Crippen LogP) is 1.96. The molecule has 3 N–H and O–H groups in total. The number of amides is 2. The fourth-order valence-electron chi connectivity index (χ4n) is 2.47. The van der Waals surface area contributed by atoms with Gasteiger partial charge in [-0.25, -0.2) is 4.98 Å². The van der Waals surface area contributed by atoms with E-state index in [1.165, 1.54) is 0 Å². The number of hydrogen-bond donors (Lipinski definition) is 3. The second kappa shape index (κ2) is 7.61. The van der Waals surface area contributed by atoms with E-state index in [1.807, 2.05) is 43.3 Å². The molecule has 0 aliphatic rings. The third-order valence-electron chi connectivity index (χ3n) is 3.85. The highest BCUT2D eigenvalue weighted by Gasteiger charge is 2.08. The number of aromatic amines is 1. The molecule has 0 atom stereocenters. The summed E-state index contributed by atoms with van der Waals surface area (Å²) < 4.78 is 0. The molecule has 0 unspecified atom stereocenters. The van der Waals surface area contributed by atoms with Gasteiger partial charge in [-0.05, 0) is 31.2 Å². The number of carbonyl (C=O) groups excluding carboxylic acids is 2. The lowest BCUT2D eigenvalue weighted by molar-refractivity contribution is -0.120. The van der Waals surface area contributed by atoms with Crippen molar-refractivity contribution in [1.82, 2.24) is 20.6 Å². The highest BCUT2D eigenvalue weighted by atomic mass is 16.2. The van der Waals surface area contributed by atoms with Crippen molar-refractivity contribution < 1.29 is 9.59 Å². The molecule has 128 valence electrons. The number of carbonyl (C=O) groups is 2. The van der Waals surface area contributed by atoms with E-state index in [0.717, 1.165) is 22.4 Å². The van der Waals surface area contributed by atoms with E-state index in [-0.39, 0.29) is 18.4 Å². The summed E-state index contributed by atoms with van der Waals surface area (Å²) in [5.41, 5.74) is 3.52. The summed E-state index contributed by atoms with van der Waals surface area (Å²) >= 11 is 0. The molecule has 1 aromatic heterocycles. The van der Waals surface area contributed by atoms with Crippen molar-refractivity contribution in [3.8, 4) is 0 Å². The normalized spacial score (nSPS) is 10.6. The van der Waals surface area contributed by atoms with Gasteiger partial charge in [-0.1, -0.05) is 29.8 Å². The molecule has 2 amide bonds. The minimum absolute atomic E-state index is 0.0488. The second-order valence-electron chi connectivity index (χ2n) is 5.85. The third kappa shape index (κ3) is 4.44. The lowest BCUT2D eigenvalue weighted by Crippen LogP contribution is -2.37. The van der Waals surface area contributed by atoms with Gasteiger partial charge >= 0.3 is 0 Å². The van der Waals surface area contributed by atoms with Crippen LogP contribution in [0, 0.1) is 6.92 Å². The van der Waals surface area contributed by atoms with Gasteiger partial charge in [-0.2, -0.15) is 0 Å². The molecule has 2 aromatic carbocycles. The Balaban J connectivity index is 1.42. The van der Waals surface area contributed by atoms with Crippen LogP contribution in [-0.4, -0.2) is 34.9 Å². The molecule has 0 radical (unpaired) electrons. The molecule has 6 nitrogen and oxygen atoms in total. The molecule has 1 heterocycles. The van der Waals surface area contributed by atoms with E-state index in [0.29, 0.717) is 18.5 Å². The average molecular weight is 336 g/mol. The second-order valence-corrected chi connectivity index (χ2v) is 5.85. The smallest absolute Gasteiger partial charge is 0.251 e. The summed E-state index contributed by atoms with van der Waals surface area (Å²) in [5.74, 6) is 0.342. The van der Waals surface area contributed by atoms with Gasteiger partial charge in [0.2, 0.25) is 5.91 Å². The van der Waals surface area contributed by atoms with E-state index in [4.69, 9.17) is 0 Å². The van der Waals surface area contributed by atoms with Crippen LogP contribution >= 0.6 is 0 Å². The molecule has 0 aliphatic heterocycles. The van der Waals surface area contributed by atoms with Gasteiger partial charge < -0.3 is 15.6 Å². The van der Waals surface area contributed by atoms with Crippen LogP contribution in [-0.2, 0) is 11.2 Å². The summed E-state index contributed by atoms with van der Waals surface area (Å²) in [7, 11) is 0. The Morgan fingerprint density at radius 2 is 1.80 bits per heavy atom. The van der Waals surface area contributed by atoms with Crippen LogP contribution in [0.5, 0.6) is 0 Å². The largest absolute Gasteiger partial charge is 0.354 e. The minimum atomic E-state index is -0.257. The zero-order chi connectivity index (χ0) is 17.6. The van der Waals surface area contributed by atoms with Crippen molar-refractivity contribution >= 4 is 22.8 Å². The number of rotatable bonds is 6. The summed E-state index contributed by atoms with van der Waals surface area (Å²) in [5, 5.41) is 5.39. The standard InChI is InChI=1S/C19H20N4O2/c1-13-6-8-14(9-7-13)19(25)21-12-18(24)20-11-10-17-22-15-4-2-3-5-16(15)23-17/h2-9H,10-12H2,1H3,(H,20,24)(H,21,25)(H,22,23). The van der Waals surface area contributed by atoms with Crippen LogP contribution in [0.4, 0.5) is 0 Å². The van der Waals surface area contributed by atoms with Crippen molar-refractivity contribution in [2.24, 2.45) is 0 Å². The van der Waals surface area contributed by atoms with Gasteiger partial charge in [0.1, 0.15) is 5.82 Å². The molecule has 0 saturated carbocycles. The van der Waals surface area contributed by atoms with Crippen LogP contribution in [0.1, 0.15) is 21.7 Å². The van der Waals surface area contributed by atoms with E-state index >= 15 is 0 Å². The Hall–Kier alpha value is -3.15. The molecular weight excluding hydrogens is 316 g/mol. The van der Waals surface area contributed by atoms with Crippen LogP contribution in [0.3, 0.4) is 0 Å². The highest BCUT2D eigenvalue weighted by molar-refractivity contribution is 5.96. The van der Waals surface area contributed by atoms with Crippen molar-refractivity contribution in [3.05, 3.63) is 65.5 Å². The minimum Gasteiger partial charge on any atom is -0.354 e. The number of imidazole rings is 1. The van der Waals surface area contributed by atoms with Crippen LogP contribution in [0.2, 0.25) is 0 Å².